The van der Waals surface area contributed by atoms with Crippen molar-refractivity contribution in [2.75, 3.05) is 5.88 Å². The van der Waals surface area contributed by atoms with Crippen molar-refractivity contribution in [2.45, 2.75) is 32.4 Å². The van der Waals surface area contributed by atoms with E-state index in [1.165, 1.54) is 10.9 Å². The third kappa shape index (κ3) is 2.82. The van der Waals surface area contributed by atoms with Gasteiger partial charge in [0.2, 0.25) is 0 Å². The molecule has 1 aromatic carbocycles. The molecule has 2 nitrogen and oxygen atoms in total. The highest BCUT2D eigenvalue weighted by Crippen LogP contribution is 2.18. The van der Waals surface area contributed by atoms with Gasteiger partial charge in [0, 0.05) is 29.5 Å². The smallest absolute Gasteiger partial charge is 0.0705 e. The molecule has 1 atom stereocenters. The van der Waals surface area contributed by atoms with Crippen LogP contribution in [0.5, 0.6) is 0 Å². The van der Waals surface area contributed by atoms with Gasteiger partial charge in [-0.25, -0.2) is 0 Å². The molecule has 1 unspecified atom stereocenters. The lowest BCUT2D eigenvalue weighted by Crippen LogP contribution is -2.43. The molecule has 1 heterocycles. The quantitative estimate of drug-likeness (QED) is 0.831. The Morgan fingerprint density at radius 2 is 2.06 bits per heavy atom. The molecule has 0 aliphatic carbocycles. The van der Waals surface area contributed by atoms with Crippen LogP contribution in [0.4, 0.5) is 0 Å². The molecule has 0 aliphatic rings. The summed E-state index contributed by atoms with van der Waals surface area (Å²) >= 11 is 6.02. The number of pyridine rings is 1. The van der Waals surface area contributed by atoms with Crippen LogP contribution in [0.3, 0.4) is 0 Å². The van der Waals surface area contributed by atoms with Gasteiger partial charge in [0.15, 0.2) is 0 Å². The molecule has 0 saturated carbocycles. The average Bonchev–Trinajstić information content (AvgIpc) is 2.44. The Balaban J connectivity index is 2.22. The van der Waals surface area contributed by atoms with Crippen LogP contribution in [0, 0.1) is 0 Å². The van der Waals surface area contributed by atoms with Crippen LogP contribution in [-0.4, -0.2) is 16.4 Å². The number of hydrogen-bond donors (Lipinski definition) is 1. The maximum Gasteiger partial charge on any atom is 0.0705 e. The first-order chi connectivity index (χ1) is 8.68. The largest absolute Gasteiger partial charge is 0.306 e. The SMILES string of the molecule is CCC(C)(CCl)NCc1ccnc2ccccc12. The zero-order valence-electron chi connectivity index (χ0n) is 10.9. The first-order valence-corrected chi connectivity index (χ1v) is 6.85. The number of rotatable bonds is 5. The van der Waals surface area contributed by atoms with Crippen LogP contribution in [0.1, 0.15) is 25.8 Å². The van der Waals surface area contributed by atoms with Crippen LogP contribution >= 0.6 is 11.6 Å². The molecule has 96 valence electrons. The molecule has 18 heavy (non-hydrogen) atoms. The molecule has 2 rings (SSSR count). The van der Waals surface area contributed by atoms with E-state index in [0.717, 1.165) is 18.5 Å². The van der Waals surface area contributed by atoms with Gasteiger partial charge in [0.25, 0.3) is 0 Å². The highest BCUT2D eigenvalue weighted by molar-refractivity contribution is 6.18. The van der Waals surface area contributed by atoms with E-state index in [9.17, 15) is 0 Å². The monoisotopic (exact) mass is 262 g/mol. The number of alkyl halides is 1. The van der Waals surface area contributed by atoms with E-state index in [1.807, 2.05) is 24.4 Å². The Labute approximate surface area is 113 Å². The Morgan fingerprint density at radius 1 is 1.28 bits per heavy atom. The predicted octanol–water partition coefficient (Wildman–Crippen LogP) is 3.73. The standard InChI is InChI=1S/C15H19ClN2/c1-3-15(2,11-16)18-10-12-8-9-17-14-7-5-4-6-13(12)14/h4-9,18H,3,10-11H2,1-2H3. The van der Waals surface area contributed by atoms with Gasteiger partial charge in [-0.05, 0) is 31.0 Å². The van der Waals surface area contributed by atoms with Crippen LogP contribution in [0.25, 0.3) is 10.9 Å². The van der Waals surface area contributed by atoms with Crippen molar-refractivity contribution in [3.63, 3.8) is 0 Å². The van der Waals surface area contributed by atoms with Gasteiger partial charge < -0.3 is 5.32 Å². The van der Waals surface area contributed by atoms with E-state index < -0.39 is 0 Å². The predicted molar refractivity (Wildman–Crippen MR) is 78.0 cm³/mol. The summed E-state index contributed by atoms with van der Waals surface area (Å²) in [5.41, 5.74) is 2.30. The first kappa shape index (κ1) is 13.3. The van der Waals surface area contributed by atoms with Crippen molar-refractivity contribution in [1.82, 2.24) is 10.3 Å². The van der Waals surface area contributed by atoms with Crippen LogP contribution in [0.15, 0.2) is 36.5 Å². The highest BCUT2D eigenvalue weighted by atomic mass is 35.5. The van der Waals surface area contributed by atoms with Gasteiger partial charge in [-0.1, -0.05) is 25.1 Å². The second-order valence-corrected chi connectivity index (χ2v) is 5.16. The summed E-state index contributed by atoms with van der Waals surface area (Å²) in [5.74, 6) is 0.618. The van der Waals surface area contributed by atoms with Crippen LogP contribution < -0.4 is 5.32 Å². The molecule has 0 saturated heterocycles. The summed E-state index contributed by atoms with van der Waals surface area (Å²) in [6.07, 6.45) is 2.88. The van der Waals surface area contributed by atoms with E-state index in [4.69, 9.17) is 11.6 Å². The minimum atomic E-state index is -0.00801. The summed E-state index contributed by atoms with van der Waals surface area (Å²) in [7, 11) is 0. The number of aromatic nitrogens is 1. The Kier molecular flexibility index (Phi) is 4.20. The van der Waals surface area contributed by atoms with Gasteiger partial charge in [-0.15, -0.1) is 11.6 Å². The zero-order chi connectivity index (χ0) is 13.0. The molecule has 0 bridgehead atoms. The van der Waals surface area contributed by atoms with Crippen molar-refractivity contribution in [1.29, 1.82) is 0 Å². The highest BCUT2D eigenvalue weighted by Gasteiger charge is 2.19. The van der Waals surface area contributed by atoms with E-state index in [0.29, 0.717) is 5.88 Å². The van der Waals surface area contributed by atoms with Crippen LogP contribution in [-0.2, 0) is 6.54 Å². The maximum absolute atomic E-state index is 6.02. The molecule has 0 fully saturated rings. The van der Waals surface area contributed by atoms with Gasteiger partial charge in [-0.2, -0.15) is 0 Å². The van der Waals surface area contributed by atoms with E-state index in [-0.39, 0.29) is 5.54 Å². The fourth-order valence-electron chi connectivity index (χ4n) is 1.88. The fraction of sp³-hybridized carbons (Fsp3) is 0.400. The summed E-state index contributed by atoms with van der Waals surface area (Å²) in [6.45, 7) is 5.13. The molecule has 0 aliphatic heterocycles. The molecule has 3 heteroatoms. The third-order valence-electron chi connectivity index (χ3n) is 3.52. The van der Waals surface area contributed by atoms with Gasteiger partial charge in [-0.3, -0.25) is 4.98 Å². The van der Waals surface area contributed by atoms with Crippen molar-refractivity contribution >= 4 is 22.5 Å². The third-order valence-corrected chi connectivity index (χ3v) is 4.11. The van der Waals surface area contributed by atoms with Gasteiger partial charge in [0.1, 0.15) is 0 Å². The summed E-state index contributed by atoms with van der Waals surface area (Å²) in [6, 6.07) is 10.3. The lowest BCUT2D eigenvalue weighted by Gasteiger charge is -2.27. The molecule has 0 radical (unpaired) electrons. The van der Waals surface area contributed by atoms with Crippen molar-refractivity contribution < 1.29 is 0 Å². The molecular weight excluding hydrogens is 244 g/mol. The fourth-order valence-corrected chi connectivity index (χ4v) is 2.17. The number of benzene rings is 1. The summed E-state index contributed by atoms with van der Waals surface area (Å²) in [5, 5.41) is 4.75. The molecule has 1 aromatic heterocycles. The second-order valence-electron chi connectivity index (χ2n) is 4.89. The van der Waals surface area contributed by atoms with E-state index in [1.54, 1.807) is 0 Å². The number of para-hydroxylation sites is 1. The molecule has 2 aromatic rings. The minimum absolute atomic E-state index is 0.00801. The number of fused-ring (bicyclic) bond motifs is 1. The topological polar surface area (TPSA) is 24.9 Å². The molecule has 0 amide bonds. The number of hydrogen-bond acceptors (Lipinski definition) is 2. The number of nitrogens with one attached hydrogen (secondary N) is 1. The second kappa shape index (κ2) is 5.68. The van der Waals surface area contributed by atoms with Crippen LogP contribution in [0.2, 0.25) is 0 Å². The zero-order valence-corrected chi connectivity index (χ0v) is 11.7. The molecule has 0 spiro atoms. The van der Waals surface area contributed by atoms with E-state index in [2.05, 4.69) is 36.3 Å². The maximum atomic E-state index is 6.02. The Hall–Kier alpha value is -1.12. The van der Waals surface area contributed by atoms with Gasteiger partial charge >= 0.3 is 0 Å². The lowest BCUT2D eigenvalue weighted by molar-refractivity contribution is 0.380. The normalized spacial score (nSPS) is 14.6. The first-order valence-electron chi connectivity index (χ1n) is 6.32. The number of nitrogens with zero attached hydrogens (tertiary/aromatic N) is 1. The van der Waals surface area contributed by atoms with Crippen molar-refractivity contribution in [3.05, 3.63) is 42.1 Å². The Morgan fingerprint density at radius 3 is 2.78 bits per heavy atom. The summed E-state index contributed by atoms with van der Waals surface area (Å²) < 4.78 is 0. The Bertz CT molecular complexity index is 515. The number of halogens is 1. The minimum Gasteiger partial charge on any atom is -0.306 e. The van der Waals surface area contributed by atoms with Gasteiger partial charge in [0.05, 0.1) is 5.52 Å². The average molecular weight is 263 g/mol. The van der Waals surface area contributed by atoms with Crippen molar-refractivity contribution in [3.8, 4) is 0 Å². The molecule has 1 N–H and O–H groups in total. The summed E-state index contributed by atoms with van der Waals surface area (Å²) in [4.78, 5) is 4.37. The van der Waals surface area contributed by atoms with Crippen molar-refractivity contribution in [2.24, 2.45) is 0 Å². The van der Waals surface area contributed by atoms with E-state index >= 15 is 0 Å². The molecular formula is C15H19ClN2. The lowest BCUT2D eigenvalue weighted by atomic mass is 10.0.